The Bertz CT molecular complexity index is 674. The number of hydrogen-bond acceptors (Lipinski definition) is 5. The number of aromatic hydroxyl groups is 1. The first-order valence-electron chi connectivity index (χ1n) is 6.68. The average Bonchev–Trinajstić information content (AvgIpc) is 2.75. The molecular formula is C13H17N3O5S. The molecule has 0 aliphatic carbocycles. The van der Waals surface area contributed by atoms with Gasteiger partial charge in [0.15, 0.2) is 9.84 Å². The molecule has 0 saturated carbocycles. The van der Waals surface area contributed by atoms with Crippen molar-refractivity contribution in [2.75, 3.05) is 23.4 Å². The van der Waals surface area contributed by atoms with Crippen molar-refractivity contribution in [3.05, 3.63) is 24.3 Å². The Labute approximate surface area is 127 Å². The minimum absolute atomic E-state index is 0.0194. The second-order valence-corrected chi connectivity index (χ2v) is 7.25. The van der Waals surface area contributed by atoms with Gasteiger partial charge < -0.3 is 21.1 Å². The molecule has 9 heteroatoms. The molecule has 1 aliphatic rings. The predicted octanol–water partition coefficient (Wildman–Crippen LogP) is -0.183. The van der Waals surface area contributed by atoms with Crippen molar-refractivity contribution in [2.45, 2.75) is 12.5 Å². The molecule has 3 amide bonds. The first-order chi connectivity index (χ1) is 10.3. The van der Waals surface area contributed by atoms with Crippen LogP contribution in [0.25, 0.3) is 0 Å². The van der Waals surface area contributed by atoms with Gasteiger partial charge in [-0.15, -0.1) is 0 Å². The highest BCUT2D eigenvalue weighted by atomic mass is 32.2. The second kappa shape index (κ2) is 6.65. The van der Waals surface area contributed by atoms with E-state index < -0.39 is 27.8 Å². The number of phenols is 1. The topological polar surface area (TPSA) is 125 Å². The largest absolute Gasteiger partial charge is 0.508 e. The van der Waals surface area contributed by atoms with Crippen LogP contribution in [-0.4, -0.2) is 49.6 Å². The summed E-state index contributed by atoms with van der Waals surface area (Å²) in [5.74, 6) is -0.447. The number of benzene rings is 1. The molecule has 4 N–H and O–H groups in total. The van der Waals surface area contributed by atoms with Crippen LogP contribution in [0.3, 0.4) is 0 Å². The van der Waals surface area contributed by atoms with E-state index in [9.17, 15) is 23.1 Å². The summed E-state index contributed by atoms with van der Waals surface area (Å²) in [5, 5.41) is 16.6. The van der Waals surface area contributed by atoms with Gasteiger partial charge in [0.05, 0.1) is 18.1 Å². The van der Waals surface area contributed by atoms with Crippen LogP contribution in [0.4, 0.5) is 10.5 Å². The Balaban J connectivity index is 1.73. The molecule has 0 bridgehead atoms. The minimum atomic E-state index is -3.06. The number of sulfone groups is 1. The van der Waals surface area contributed by atoms with Crippen molar-refractivity contribution in [1.29, 1.82) is 0 Å². The van der Waals surface area contributed by atoms with Crippen LogP contribution in [0.15, 0.2) is 24.3 Å². The van der Waals surface area contributed by atoms with E-state index in [1.54, 1.807) is 12.1 Å². The van der Waals surface area contributed by atoms with E-state index >= 15 is 0 Å². The van der Waals surface area contributed by atoms with Crippen molar-refractivity contribution in [2.24, 2.45) is 0 Å². The van der Waals surface area contributed by atoms with E-state index in [2.05, 4.69) is 16.0 Å². The van der Waals surface area contributed by atoms with Gasteiger partial charge in [-0.25, -0.2) is 13.2 Å². The number of rotatable bonds is 4. The Hall–Kier alpha value is -2.29. The molecule has 120 valence electrons. The van der Waals surface area contributed by atoms with Gasteiger partial charge in [0, 0.05) is 17.8 Å². The van der Waals surface area contributed by atoms with Gasteiger partial charge >= 0.3 is 6.03 Å². The maximum Gasteiger partial charge on any atom is 0.315 e. The first kappa shape index (κ1) is 16.1. The van der Waals surface area contributed by atoms with Crippen molar-refractivity contribution in [1.82, 2.24) is 10.6 Å². The number of carbonyl (C=O) groups is 2. The third-order valence-corrected chi connectivity index (χ3v) is 4.88. The number of carbonyl (C=O) groups excluding carboxylic acids is 2. The van der Waals surface area contributed by atoms with E-state index in [1.807, 2.05) is 0 Å². The summed E-state index contributed by atoms with van der Waals surface area (Å²) >= 11 is 0. The summed E-state index contributed by atoms with van der Waals surface area (Å²) in [4.78, 5) is 23.2. The Morgan fingerprint density at radius 1 is 1.32 bits per heavy atom. The highest BCUT2D eigenvalue weighted by Gasteiger charge is 2.28. The zero-order chi connectivity index (χ0) is 16.2. The molecule has 0 aromatic heterocycles. The SMILES string of the molecule is O=C(CNC(=O)NC1CCS(=O)(=O)C1)Nc1cccc(O)c1. The summed E-state index contributed by atoms with van der Waals surface area (Å²) in [6, 6.07) is 5.01. The minimum Gasteiger partial charge on any atom is -0.508 e. The van der Waals surface area contributed by atoms with Crippen LogP contribution in [0.1, 0.15) is 6.42 Å². The van der Waals surface area contributed by atoms with E-state index in [1.165, 1.54) is 12.1 Å². The maximum atomic E-state index is 11.6. The van der Waals surface area contributed by atoms with E-state index in [4.69, 9.17) is 0 Å². The third kappa shape index (κ3) is 4.92. The Morgan fingerprint density at radius 2 is 2.09 bits per heavy atom. The molecule has 1 aliphatic heterocycles. The lowest BCUT2D eigenvalue weighted by Gasteiger charge is -2.12. The summed E-state index contributed by atoms with van der Waals surface area (Å²) in [6.07, 6.45) is 0.380. The first-order valence-corrected chi connectivity index (χ1v) is 8.50. The Kier molecular flexibility index (Phi) is 4.86. The lowest BCUT2D eigenvalue weighted by molar-refractivity contribution is -0.115. The molecule has 1 fully saturated rings. The molecule has 1 unspecified atom stereocenters. The fourth-order valence-electron chi connectivity index (χ4n) is 2.09. The molecular weight excluding hydrogens is 310 g/mol. The fraction of sp³-hybridized carbons (Fsp3) is 0.385. The van der Waals surface area contributed by atoms with E-state index in [0.29, 0.717) is 12.1 Å². The Morgan fingerprint density at radius 3 is 2.73 bits per heavy atom. The lowest BCUT2D eigenvalue weighted by Crippen LogP contribution is -2.45. The van der Waals surface area contributed by atoms with E-state index in [0.717, 1.165) is 0 Å². The number of hydrogen-bond donors (Lipinski definition) is 4. The van der Waals surface area contributed by atoms with Gasteiger partial charge in [0.25, 0.3) is 0 Å². The highest BCUT2D eigenvalue weighted by molar-refractivity contribution is 7.91. The fourth-order valence-corrected chi connectivity index (χ4v) is 3.77. The van der Waals surface area contributed by atoms with Crippen molar-refractivity contribution >= 4 is 27.5 Å². The van der Waals surface area contributed by atoms with E-state index in [-0.39, 0.29) is 23.8 Å². The van der Waals surface area contributed by atoms with Crippen LogP contribution < -0.4 is 16.0 Å². The van der Waals surface area contributed by atoms with Gasteiger partial charge in [0.1, 0.15) is 5.75 Å². The molecule has 1 aromatic rings. The second-order valence-electron chi connectivity index (χ2n) is 5.03. The molecule has 0 radical (unpaired) electrons. The summed E-state index contributed by atoms with van der Waals surface area (Å²) in [5.41, 5.74) is 0.411. The van der Waals surface area contributed by atoms with Crippen molar-refractivity contribution in [3.8, 4) is 5.75 Å². The van der Waals surface area contributed by atoms with Crippen LogP contribution >= 0.6 is 0 Å². The number of nitrogens with one attached hydrogen (secondary N) is 3. The summed E-state index contributed by atoms with van der Waals surface area (Å²) in [6.45, 7) is -0.263. The zero-order valence-electron chi connectivity index (χ0n) is 11.7. The monoisotopic (exact) mass is 327 g/mol. The molecule has 1 aromatic carbocycles. The van der Waals surface area contributed by atoms with Crippen LogP contribution in [0.5, 0.6) is 5.75 Å². The average molecular weight is 327 g/mol. The van der Waals surface area contributed by atoms with Crippen LogP contribution in [0.2, 0.25) is 0 Å². The van der Waals surface area contributed by atoms with Gasteiger partial charge in [-0.3, -0.25) is 4.79 Å². The molecule has 0 spiro atoms. The predicted molar refractivity (Wildman–Crippen MR) is 80.3 cm³/mol. The molecule has 22 heavy (non-hydrogen) atoms. The van der Waals surface area contributed by atoms with Gasteiger partial charge in [-0.2, -0.15) is 0 Å². The molecule has 8 nitrogen and oxygen atoms in total. The number of urea groups is 1. The van der Waals surface area contributed by atoms with Crippen molar-refractivity contribution in [3.63, 3.8) is 0 Å². The maximum absolute atomic E-state index is 11.6. The zero-order valence-corrected chi connectivity index (χ0v) is 12.5. The number of anilines is 1. The highest BCUT2D eigenvalue weighted by Crippen LogP contribution is 2.15. The molecule has 1 atom stereocenters. The molecule has 1 heterocycles. The van der Waals surface area contributed by atoms with Crippen LogP contribution in [-0.2, 0) is 14.6 Å². The normalized spacial score (nSPS) is 19.4. The van der Waals surface area contributed by atoms with Gasteiger partial charge in [-0.1, -0.05) is 6.07 Å². The van der Waals surface area contributed by atoms with Crippen molar-refractivity contribution < 1.29 is 23.1 Å². The lowest BCUT2D eigenvalue weighted by atomic mass is 10.3. The van der Waals surface area contributed by atoms with Gasteiger partial charge in [0.2, 0.25) is 5.91 Å². The molecule has 2 rings (SSSR count). The third-order valence-electron chi connectivity index (χ3n) is 3.11. The number of phenolic OH excluding ortho intramolecular Hbond substituents is 1. The number of amides is 3. The van der Waals surface area contributed by atoms with Crippen LogP contribution in [0, 0.1) is 0 Å². The summed E-state index contributed by atoms with van der Waals surface area (Å²) < 4.78 is 22.5. The smallest absolute Gasteiger partial charge is 0.315 e. The standard InChI is InChI=1S/C13H17N3O5S/c17-11-3-1-2-9(6-11)15-12(18)7-14-13(19)16-10-4-5-22(20,21)8-10/h1-3,6,10,17H,4-5,7-8H2,(H,15,18)(H2,14,16,19). The summed E-state index contributed by atoms with van der Waals surface area (Å²) in [7, 11) is -3.06. The molecule has 1 saturated heterocycles. The van der Waals surface area contributed by atoms with Gasteiger partial charge in [-0.05, 0) is 18.6 Å². The quantitative estimate of drug-likeness (QED) is 0.610.